The Morgan fingerprint density at radius 2 is 2.11 bits per heavy atom. The Kier molecular flexibility index (Phi) is 5.43. The van der Waals surface area contributed by atoms with E-state index >= 15 is 0 Å². The molecule has 0 radical (unpaired) electrons. The highest BCUT2D eigenvalue weighted by molar-refractivity contribution is 7.09. The Bertz CT molecular complexity index is 359. The van der Waals surface area contributed by atoms with Crippen LogP contribution in [0, 0.1) is 5.92 Å². The quantitative estimate of drug-likeness (QED) is 0.818. The van der Waals surface area contributed by atoms with Crippen LogP contribution < -0.4 is 5.32 Å². The molecule has 1 aromatic heterocycles. The van der Waals surface area contributed by atoms with Gasteiger partial charge in [-0.1, -0.05) is 19.9 Å². The van der Waals surface area contributed by atoms with Crippen LogP contribution in [0.25, 0.3) is 0 Å². The molecule has 2 unspecified atom stereocenters. The summed E-state index contributed by atoms with van der Waals surface area (Å²) < 4.78 is 0. The molecule has 0 aromatic carbocycles. The van der Waals surface area contributed by atoms with Gasteiger partial charge in [-0.25, -0.2) is 0 Å². The largest absolute Gasteiger partial charge is 0.314 e. The summed E-state index contributed by atoms with van der Waals surface area (Å²) in [5, 5.41) is 5.79. The molecule has 2 atom stereocenters. The predicted octanol–water partition coefficient (Wildman–Crippen LogP) is 3.74. The second kappa shape index (κ2) is 6.87. The van der Waals surface area contributed by atoms with E-state index < -0.39 is 0 Å². The molecule has 1 N–H and O–H groups in total. The van der Waals surface area contributed by atoms with E-state index in [9.17, 15) is 0 Å². The highest BCUT2D eigenvalue weighted by Gasteiger charge is 2.36. The van der Waals surface area contributed by atoms with Gasteiger partial charge in [0.1, 0.15) is 0 Å². The van der Waals surface area contributed by atoms with Crippen LogP contribution in [0.2, 0.25) is 0 Å². The van der Waals surface area contributed by atoms with Gasteiger partial charge < -0.3 is 5.32 Å². The van der Waals surface area contributed by atoms with Crippen molar-refractivity contribution in [1.29, 1.82) is 0 Å². The third-order valence-corrected chi connectivity index (χ3v) is 5.03. The molecule has 1 aliphatic rings. The third kappa shape index (κ3) is 4.04. The van der Waals surface area contributed by atoms with E-state index in [4.69, 9.17) is 0 Å². The zero-order chi connectivity index (χ0) is 13.8. The van der Waals surface area contributed by atoms with E-state index in [0.717, 1.165) is 18.5 Å². The number of nitrogens with one attached hydrogen (secondary N) is 1. The lowest BCUT2D eigenvalue weighted by Gasteiger charge is -2.46. The minimum Gasteiger partial charge on any atom is -0.314 e. The van der Waals surface area contributed by atoms with Crippen LogP contribution >= 0.6 is 11.3 Å². The molecule has 2 nitrogen and oxygen atoms in total. The van der Waals surface area contributed by atoms with Crippen LogP contribution in [0.5, 0.6) is 0 Å². The lowest BCUT2D eigenvalue weighted by Crippen LogP contribution is -2.53. The van der Waals surface area contributed by atoms with Gasteiger partial charge in [0.05, 0.1) is 0 Å². The number of hydrogen-bond donors (Lipinski definition) is 1. The van der Waals surface area contributed by atoms with Crippen molar-refractivity contribution in [3.8, 4) is 0 Å². The van der Waals surface area contributed by atoms with Crippen molar-refractivity contribution in [2.45, 2.75) is 65.2 Å². The number of thiophene rings is 1. The Hall–Kier alpha value is -0.380. The van der Waals surface area contributed by atoms with Gasteiger partial charge in [-0.05, 0) is 50.6 Å². The summed E-state index contributed by atoms with van der Waals surface area (Å²) in [7, 11) is 0. The molecule has 0 amide bonds. The van der Waals surface area contributed by atoms with Crippen LogP contribution in [-0.2, 0) is 6.54 Å². The molecular formula is C16H28N2S. The van der Waals surface area contributed by atoms with Crippen molar-refractivity contribution in [1.82, 2.24) is 10.2 Å². The average molecular weight is 280 g/mol. The highest BCUT2D eigenvalue weighted by atomic mass is 32.1. The smallest absolute Gasteiger partial charge is 0.0333 e. The Morgan fingerprint density at radius 3 is 2.58 bits per heavy atom. The van der Waals surface area contributed by atoms with E-state index in [2.05, 4.69) is 55.4 Å². The van der Waals surface area contributed by atoms with Crippen molar-refractivity contribution in [2.24, 2.45) is 5.92 Å². The first-order valence-corrected chi connectivity index (χ1v) is 8.47. The zero-order valence-corrected chi connectivity index (χ0v) is 13.5. The third-order valence-electron chi connectivity index (χ3n) is 4.17. The van der Waals surface area contributed by atoms with Gasteiger partial charge in [0.15, 0.2) is 0 Å². The summed E-state index contributed by atoms with van der Waals surface area (Å²) in [6, 6.07) is 6.44. The van der Waals surface area contributed by atoms with E-state index in [1.54, 1.807) is 0 Å². The summed E-state index contributed by atoms with van der Waals surface area (Å²) in [4.78, 5) is 4.19. The summed E-state index contributed by atoms with van der Waals surface area (Å²) >= 11 is 1.88. The van der Waals surface area contributed by atoms with Crippen molar-refractivity contribution in [2.75, 3.05) is 6.54 Å². The van der Waals surface area contributed by atoms with Gasteiger partial charge >= 0.3 is 0 Å². The molecular weight excluding hydrogens is 252 g/mol. The van der Waals surface area contributed by atoms with Crippen molar-refractivity contribution in [3.05, 3.63) is 22.4 Å². The molecule has 3 heteroatoms. The lowest BCUT2D eigenvalue weighted by atomic mass is 9.77. The maximum atomic E-state index is 3.61. The summed E-state index contributed by atoms with van der Waals surface area (Å²) in [5.74, 6) is 0.838. The molecule has 108 valence electrons. The van der Waals surface area contributed by atoms with Crippen LogP contribution in [0.4, 0.5) is 0 Å². The van der Waals surface area contributed by atoms with Gasteiger partial charge in [-0.2, -0.15) is 0 Å². The fraction of sp³-hybridized carbons (Fsp3) is 0.750. The molecule has 0 spiro atoms. The minimum atomic E-state index is 0.603. The van der Waals surface area contributed by atoms with Gasteiger partial charge in [0.2, 0.25) is 0 Å². The van der Waals surface area contributed by atoms with Crippen LogP contribution in [0.3, 0.4) is 0 Å². The number of rotatable bonds is 7. The minimum absolute atomic E-state index is 0.603. The summed E-state index contributed by atoms with van der Waals surface area (Å²) in [5.41, 5.74) is 0. The van der Waals surface area contributed by atoms with Crippen LogP contribution in [-0.4, -0.2) is 29.6 Å². The maximum absolute atomic E-state index is 3.61. The Balaban J connectivity index is 1.91. The van der Waals surface area contributed by atoms with Gasteiger partial charge in [0.25, 0.3) is 0 Å². The fourth-order valence-corrected chi connectivity index (χ4v) is 3.59. The SMILES string of the molecule is CC(C)NCC1CCC1N(Cc1cccs1)C(C)C. The van der Waals surface area contributed by atoms with E-state index in [1.807, 2.05) is 11.3 Å². The number of hydrogen-bond acceptors (Lipinski definition) is 3. The normalized spacial score (nSPS) is 23.3. The molecule has 1 saturated carbocycles. The monoisotopic (exact) mass is 280 g/mol. The highest BCUT2D eigenvalue weighted by Crippen LogP contribution is 2.34. The zero-order valence-electron chi connectivity index (χ0n) is 12.7. The van der Waals surface area contributed by atoms with Gasteiger partial charge in [0, 0.05) is 29.5 Å². The Morgan fingerprint density at radius 1 is 1.32 bits per heavy atom. The molecule has 19 heavy (non-hydrogen) atoms. The molecule has 1 fully saturated rings. The van der Waals surface area contributed by atoms with E-state index in [0.29, 0.717) is 12.1 Å². The predicted molar refractivity (Wildman–Crippen MR) is 84.6 cm³/mol. The molecule has 1 aromatic rings. The first kappa shape index (κ1) is 15.0. The lowest BCUT2D eigenvalue weighted by molar-refractivity contribution is 0.0312. The fourth-order valence-electron chi connectivity index (χ4n) is 2.88. The standard InChI is InChI=1S/C16H28N2S/c1-12(2)17-10-14-7-8-16(14)18(13(3)4)11-15-6-5-9-19-15/h5-6,9,12-14,16-17H,7-8,10-11H2,1-4H3. The van der Waals surface area contributed by atoms with E-state index in [1.165, 1.54) is 24.3 Å². The van der Waals surface area contributed by atoms with Crippen LogP contribution in [0.1, 0.15) is 45.4 Å². The van der Waals surface area contributed by atoms with Gasteiger partial charge in [-0.15, -0.1) is 11.3 Å². The maximum Gasteiger partial charge on any atom is 0.0333 e. The summed E-state index contributed by atoms with van der Waals surface area (Å²) in [6.45, 7) is 11.4. The second-order valence-electron chi connectivity index (χ2n) is 6.31. The van der Waals surface area contributed by atoms with Crippen molar-refractivity contribution >= 4 is 11.3 Å². The molecule has 0 bridgehead atoms. The number of nitrogens with zero attached hydrogens (tertiary/aromatic N) is 1. The average Bonchev–Trinajstić information content (AvgIpc) is 2.79. The second-order valence-corrected chi connectivity index (χ2v) is 7.35. The first-order valence-electron chi connectivity index (χ1n) is 7.59. The summed E-state index contributed by atoms with van der Waals surface area (Å²) in [6.07, 6.45) is 2.76. The molecule has 1 aliphatic carbocycles. The van der Waals surface area contributed by atoms with Gasteiger partial charge in [-0.3, -0.25) is 4.90 Å². The Labute approximate surface area is 122 Å². The molecule has 0 saturated heterocycles. The molecule has 2 rings (SSSR count). The topological polar surface area (TPSA) is 15.3 Å². The first-order chi connectivity index (χ1) is 9.08. The molecule has 0 aliphatic heterocycles. The van der Waals surface area contributed by atoms with Crippen molar-refractivity contribution in [3.63, 3.8) is 0 Å². The van der Waals surface area contributed by atoms with E-state index in [-0.39, 0.29) is 0 Å². The molecule has 1 heterocycles. The van der Waals surface area contributed by atoms with Crippen LogP contribution in [0.15, 0.2) is 17.5 Å². The van der Waals surface area contributed by atoms with Crippen molar-refractivity contribution < 1.29 is 0 Å².